The lowest BCUT2D eigenvalue weighted by atomic mass is 9.88. The van der Waals surface area contributed by atoms with Gasteiger partial charge in [-0.1, -0.05) is 24.3 Å². The van der Waals surface area contributed by atoms with Gasteiger partial charge in [0.15, 0.2) is 0 Å². The lowest BCUT2D eigenvalue weighted by molar-refractivity contribution is 0.679. The molecule has 3 heterocycles. The first kappa shape index (κ1) is 11.2. The maximum absolute atomic E-state index is 5.78. The van der Waals surface area contributed by atoms with E-state index in [2.05, 4.69) is 26.4 Å². The van der Waals surface area contributed by atoms with Crippen LogP contribution >= 0.6 is 0 Å². The zero-order valence-corrected chi connectivity index (χ0v) is 10.7. The Morgan fingerprint density at radius 2 is 1.90 bits per heavy atom. The third-order valence-electron chi connectivity index (χ3n) is 3.71. The van der Waals surface area contributed by atoms with Gasteiger partial charge in [-0.3, -0.25) is 0 Å². The molecule has 98 valence electrons. The molecular formula is C15H13N5. The summed E-state index contributed by atoms with van der Waals surface area (Å²) in [6, 6.07) is 12.1. The van der Waals surface area contributed by atoms with Crippen LogP contribution in [-0.2, 0) is 0 Å². The van der Waals surface area contributed by atoms with Gasteiger partial charge in [-0.25, -0.2) is 15.0 Å². The summed E-state index contributed by atoms with van der Waals surface area (Å²) in [6.07, 6.45) is 3.66. The van der Waals surface area contributed by atoms with Gasteiger partial charge in [-0.15, -0.1) is 0 Å². The van der Waals surface area contributed by atoms with Gasteiger partial charge in [-0.2, -0.15) is 0 Å². The molecule has 0 bridgehead atoms. The number of anilines is 2. The van der Waals surface area contributed by atoms with Gasteiger partial charge in [0, 0.05) is 29.6 Å². The van der Waals surface area contributed by atoms with E-state index in [9.17, 15) is 0 Å². The lowest BCUT2D eigenvalue weighted by Crippen LogP contribution is -2.21. The van der Waals surface area contributed by atoms with Crippen LogP contribution in [0.15, 0.2) is 52.6 Å². The van der Waals surface area contributed by atoms with Crippen LogP contribution in [-0.4, -0.2) is 17.2 Å². The van der Waals surface area contributed by atoms with Crippen molar-refractivity contribution in [2.75, 3.05) is 5.32 Å². The third-order valence-corrected chi connectivity index (χ3v) is 3.71. The molecule has 0 fully saturated rings. The minimum absolute atomic E-state index is 0.0765. The number of nitrogens with two attached hydrogens (primary N) is 1. The molecule has 3 N–H and O–H groups in total. The maximum atomic E-state index is 5.78. The van der Waals surface area contributed by atoms with Crippen molar-refractivity contribution >= 4 is 23.7 Å². The zero-order valence-electron chi connectivity index (χ0n) is 10.7. The van der Waals surface area contributed by atoms with E-state index in [0.717, 1.165) is 22.6 Å². The number of guanidine groups is 1. The number of nitrogens with one attached hydrogen (secondary N) is 1. The number of pyridine rings is 1. The Bertz CT molecular complexity index is 735. The average molecular weight is 263 g/mol. The highest BCUT2D eigenvalue weighted by atomic mass is 15.1. The van der Waals surface area contributed by atoms with Crippen molar-refractivity contribution in [3.63, 3.8) is 0 Å². The zero-order chi connectivity index (χ0) is 13.5. The van der Waals surface area contributed by atoms with Crippen molar-refractivity contribution < 1.29 is 0 Å². The Kier molecular flexibility index (Phi) is 2.32. The summed E-state index contributed by atoms with van der Waals surface area (Å²) in [5.41, 5.74) is 9.03. The van der Waals surface area contributed by atoms with E-state index >= 15 is 0 Å². The van der Waals surface area contributed by atoms with Gasteiger partial charge in [0.1, 0.15) is 5.82 Å². The average Bonchev–Trinajstić information content (AvgIpc) is 2.61. The van der Waals surface area contributed by atoms with E-state index in [-0.39, 0.29) is 12.0 Å². The number of benzene rings is 1. The monoisotopic (exact) mass is 263 g/mol. The largest absolute Gasteiger partial charge is 0.368 e. The molecule has 2 aliphatic heterocycles. The first-order chi connectivity index (χ1) is 9.83. The molecule has 0 aliphatic carbocycles. The molecule has 0 saturated carbocycles. The number of aromatic nitrogens is 1. The fraction of sp³-hybridized carbons (Fsp3) is 0.133. The molecule has 5 nitrogen and oxygen atoms in total. The Balaban J connectivity index is 1.98. The highest BCUT2D eigenvalue weighted by Gasteiger charge is 2.32. The Labute approximate surface area is 116 Å². The summed E-state index contributed by atoms with van der Waals surface area (Å²) in [6.45, 7) is 0. The molecule has 2 aromatic rings. The smallest absolute Gasteiger partial charge is 0.215 e. The van der Waals surface area contributed by atoms with Crippen LogP contribution in [0.5, 0.6) is 0 Å². The van der Waals surface area contributed by atoms with Crippen LogP contribution in [0.3, 0.4) is 0 Å². The minimum Gasteiger partial charge on any atom is -0.368 e. The summed E-state index contributed by atoms with van der Waals surface area (Å²) < 4.78 is 0. The number of para-hydroxylation sites is 1. The Morgan fingerprint density at radius 3 is 2.85 bits per heavy atom. The fourth-order valence-electron chi connectivity index (χ4n) is 2.80. The number of rotatable bonds is 0. The molecule has 1 aromatic carbocycles. The second-order valence-electron chi connectivity index (χ2n) is 4.89. The highest BCUT2D eigenvalue weighted by Crippen LogP contribution is 2.43. The molecule has 1 aromatic heterocycles. The third kappa shape index (κ3) is 1.60. The molecule has 0 saturated heterocycles. The number of aliphatic imine (C=N–C) groups is 2. The number of fused-ring (bicyclic) bond motifs is 5. The summed E-state index contributed by atoms with van der Waals surface area (Å²) in [7, 11) is 0. The van der Waals surface area contributed by atoms with E-state index in [0.29, 0.717) is 5.96 Å². The van der Waals surface area contributed by atoms with Gasteiger partial charge in [-0.05, 0) is 17.7 Å². The topological polar surface area (TPSA) is 75.7 Å². The SMILES string of the molecule is NC1=NC2c3cccnc3Nc3ccccc3C2C=N1. The molecule has 0 radical (unpaired) electrons. The molecule has 0 spiro atoms. The normalized spacial score (nSPS) is 22.7. The van der Waals surface area contributed by atoms with Gasteiger partial charge in [0.05, 0.1) is 6.04 Å². The molecule has 0 amide bonds. The van der Waals surface area contributed by atoms with Gasteiger partial charge in [0.2, 0.25) is 5.96 Å². The maximum Gasteiger partial charge on any atom is 0.215 e. The molecule has 2 aliphatic rings. The van der Waals surface area contributed by atoms with Crippen LogP contribution in [0.25, 0.3) is 0 Å². The predicted octanol–water partition coefficient (Wildman–Crippen LogP) is 2.36. The molecular weight excluding hydrogens is 250 g/mol. The molecule has 20 heavy (non-hydrogen) atoms. The van der Waals surface area contributed by atoms with Crippen molar-refractivity contribution in [2.45, 2.75) is 12.0 Å². The minimum atomic E-state index is -0.0765. The van der Waals surface area contributed by atoms with E-state index < -0.39 is 0 Å². The van der Waals surface area contributed by atoms with Crippen molar-refractivity contribution in [3.8, 4) is 0 Å². The van der Waals surface area contributed by atoms with E-state index in [1.54, 1.807) is 6.20 Å². The Morgan fingerprint density at radius 1 is 1.05 bits per heavy atom. The van der Waals surface area contributed by atoms with Crippen molar-refractivity contribution in [3.05, 3.63) is 53.7 Å². The summed E-state index contributed by atoms with van der Waals surface area (Å²) in [5, 5.41) is 3.39. The highest BCUT2D eigenvalue weighted by molar-refractivity contribution is 5.93. The summed E-state index contributed by atoms with van der Waals surface area (Å²) in [4.78, 5) is 13.1. The molecule has 5 heteroatoms. The summed E-state index contributed by atoms with van der Waals surface area (Å²) >= 11 is 0. The van der Waals surface area contributed by atoms with Gasteiger partial charge < -0.3 is 11.1 Å². The van der Waals surface area contributed by atoms with Crippen molar-refractivity contribution in [1.82, 2.24) is 4.98 Å². The van der Waals surface area contributed by atoms with Crippen LogP contribution in [0.2, 0.25) is 0 Å². The Hall–Kier alpha value is -2.69. The van der Waals surface area contributed by atoms with E-state index in [1.807, 2.05) is 36.5 Å². The molecule has 4 rings (SSSR count). The van der Waals surface area contributed by atoms with Crippen LogP contribution < -0.4 is 11.1 Å². The summed E-state index contributed by atoms with van der Waals surface area (Å²) in [5.74, 6) is 1.23. The number of hydrogen-bond acceptors (Lipinski definition) is 5. The first-order valence-electron chi connectivity index (χ1n) is 6.51. The molecule has 2 atom stereocenters. The van der Waals surface area contributed by atoms with E-state index in [4.69, 9.17) is 5.73 Å². The predicted molar refractivity (Wildman–Crippen MR) is 79.6 cm³/mol. The van der Waals surface area contributed by atoms with Crippen molar-refractivity contribution in [2.24, 2.45) is 15.7 Å². The first-order valence-corrected chi connectivity index (χ1v) is 6.51. The van der Waals surface area contributed by atoms with Crippen molar-refractivity contribution in [1.29, 1.82) is 0 Å². The second-order valence-corrected chi connectivity index (χ2v) is 4.89. The standard InChI is InChI=1S/C15H13N5/c16-15-18-8-11-9-4-1-2-6-12(9)19-14-10(13(11)20-15)5-3-7-17-14/h1-8,11,13H,(H2,16,20)(H,17,19). The second kappa shape index (κ2) is 4.16. The van der Waals surface area contributed by atoms with Crippen LogP contribution in [0.1, 0.15) is 23.1 Å². The van der Waals surface area contributed by atoms with Gasteiger partial charge >= 0.3 is 0 Å². The van der Waals surface area contributed by atoms with Crippen LogP contribution in [0, 0.1) is 0 Å². The number of nitrogens with zero attached hydrogens (tertiary/aromatic N) is 3. The van der Waals surface area contributed by atoms with Gasteiger partial charge in [0.25, 0.3) is 0 Å². The molecule has 2 unspecified atom stereocenters. The quantitative estimate of drug-likeness (QED) is 0.766. The number of hydrogen-bond donors (Lipinski definition) is 2. The van der Waals surface area contributed by atoms with Crippen LogP contribution in [0.4, 0.5) is 11.5 Å². The lowest BCUT2D eigenvalue weighted by Gasteiger charge is -2.23. The fourth-order valence-corrected chi connectivity index (χ4v) is 2.80. The van der Waals surface area contributed by atoms with E-state index in [1.165, 1.54) is 0 Å².